The third-order valence-corrected chi connectivity index (χ3v) is 7.08. The third-order valence-electron chi connectivity index (χ3n) is 7.08. The van der Waals surface area contributed by atoms with E-state index in [9.17, 15) is 14.9 Å². The summed E-state index contributed by atoms with van der Waals surface area (Å²) in [4.78, 5) is 27.1. The van der Waals surface area contributed by atoms with Crippen LogP contribution in [0.3, 0.4) is 0 Å². The molecule has 0 saturated carbocycles. The molecule has 0 spiro atoms. The Kier molecular flexibility index (Phi) is 5.84. The van der Waals surface area contributed by atoms with Crippen LogP contribution in [-0.2, 0) is 17.3 Å². The van der Waals surface area contributed by atoms with Gasteiger partial charge in [0.05, 0.1) is 4.92 Å². The number of carbonyl (C=O) groups excluding carboxylic acids is 1. The molecule has 1 aromatic carbocycles. The number of nitrogens with zero attached hydrogens (tertiary/aromatic N) is 2. The SMILES string of the molecule is Cc1cc2c(cc1Cc1ccc(C(=O)Nc3cc(C)c([N+](=O)[O-])cn3)o1)C(C)(C)CCC2(C)C. The normalized spacial score (nSPS) is 16.1. The first-order valence-electron chi connectivity index (χ1n) is 11.5. The summed E-state index contributed by atoms with van der Waals surface area (Å²) in [5, 5.41) is 13.6. The number of hydrogen-bond acceptors (Lipinski definition) is 5. The number of nitro groups is 1. The van der Waals surface area contributed by atoms with E-state index >= 15 is 0 Å². The molecule has 178 valence electrons. The summed E-state index contributed by atoms with van der Waals surface area (Å²) < 4.78 is 5.86. The maximum Gasteiger partial charge on any atom is 0.292 e. The number of nitrogens with one attached hydrogen (secondary N) is 1. The number of carbonyl (C=O) groups is 1. The van der Waals surface area contributed by atoms with Gasteiger partial charge >= 0.3 is 0 Å². The highest BCUT2D eigenvalue weighted by Gasteiger charge is 2.37. The van der Waals surface area contributed by atoms with Gasteiger partial charge in [-0.1, -0.05) is 39.8 Å². The van der Waals surface area contributed by atoms with Crippen molar-refractivity contribution in [3.63, 3.8) is 0 Å². The highest BCUT2D eigenvalue weighted by molar-refractivity contribution is 6.01. The van der Waals surface area contributed by atoms with Gasteiger partial charge in [0.2, 0.25) is 0 Å². The van der Waals surface area contributed by atoms with E-state index in [0.717, 1.165) is 12.6 Å². The predicted octanol–water partition coefficient (Wildman–Crippen LogP) is 6.39. The molecule has 34 heavy (non-hydrogen) atoms. The third kappa shape index (κ3) is 4.47. The number of rotatable bonds is 5. The summed E-state index contributed by atoms with van der Waals surface area (Å²) in [7, 11) is 0. The molecule has 0 saturated heterocycles. The van der Waals surface area contributed by atoms with Crippen molar-refractivity contribution in [2.45, 2.75) is 71.6 Å². The monoisotopic (exact) mass is 461 g/mol. The number of furan rings is 1. The number of aromatic nitrogens is 1. The van der Waals surface area contributed by atoms with E-state index < -0.39 is 10.8 Å². The van der Waals surface area contributed by atoms with E-state index in [4.69, 9.17) is 4.42 Å². The lowest BCUT2D eigenvalue weighted by Crippen LogP contribution is -2.34. The summed E-state index contributed by atoms with van der Waals surface area (Å²) >= 11 is 0. The minimum Gasteiger partial charge on any atom is -0.456 e. The summed E-state index contributed by atoms with van der Waals surface area (Å²) in [5.74, 6) is 0.664. The van der Waals surface area contributed by atoms with E-state index in [0.29, 0.717) is 17.7 Å². The van der Waals surface area contributed by atoms with Crippen LogP contribution in [0.1, 0.15) is 84.7 Å². The first-order chi connectivity index (χ1) is 15.9. The Hall–Kier alpha value is -3.48. The molecule has 1 amide bonds. The fourth-order valence-corrected chi connectivity index (χ4v) is 4.73. The molecule has 4 rings (SSSR count). The van der Waals surface area contributed by atoms with E-state index in [1.807, 2.05) is 6.07 Å². The minimum atomic E-state index is -0.502. The van der Waals surface area contributed by atoms with Crippen molar-refractivity contribution in [2.75, 3.05) is 5.32 Å². The second-order valence-electron chi connectivity index (χ2n) is 10.6. The number of hydrogen-bond donors (Lipinski definition) is 1. The van der Waals surface area contributed by atoms with Crippen LogP contribution >= 0.6 is 0 Å². The minimum absolute atomic E-state index is 0.0923. The fourth-order valence-electron chi connectivity index (χ4n) is 4.73. The standard InChI is InChI=1S/C27H31N3O4/c1-16-11-20-21(27(5,6)10-9-26(20,3)4)14-18(16)13-19-7-8-23(34-19)25(31)29-24-12-17(2)22(15-28-24)30(32)33/h7-8,11-12,14-15H,9-10,13H2,1-6H3,(H,28,29,31). The van der Waals surface area contributed by atoms with Crippen molar-refractivity contribution in [1.29, 1.82) is 0 Å². The second kappa shape index (κ2) is 8.38. The van der Waals surface area contributed by atoms with Crippen LogP contribution in [0.2, 0.25) is 0 Å². The Morgan fingerprint density at radius 1 is 1.06 bits per heavy atom. The average molecular weight is 462 g/mol. The number of amides is 1. The topological polar surface area (TPSA) is 98.3 Å². The molecule has 2 aromatic heterocycles. The fraction of sp³-hybridized carbons (Fsp3) is 0.407. The van der Waals surface area contributed by atoms with Crippen LogP contribution in [0.15, 0.2) is 40.9 Å². The lowest BCUT2D eigenvalue weighted by Gasteiger charge is -2.42. The van der Waals surface area contributed by atoms with Crippen LogP contribution < -0.4 is 5.32 Å². The number of benzene rings is 1. The molecule has 1 N–H and O–H groups in total. The zero-order chi connectivity index (χ0) is 24.8. The lowest BCUT2D eigenvalue weighted by molar-refractivity contribution is -0.385. The number of fused-ring (bicyclic) bond motifs is 1. The average Bonchev–Trinajstić information content (AvgIpc) is 3.21. The van der Waals surface area contributed by atoms with Crippen molar-refractivity contribution in [3.05, 3.63) is 86.0 Å². The first-order valence-corrected chi connectivity index (χ1v) is 11.5. The second-order valence-corrected chi connectivity index (χ2v) is 10.6. The molecule has 0 aliphatic heterocycles. The van der Waals surface area contributed by atoms with Gasteiger partial charge in [-0.3, -0.25) is 14.9 Å². The quantitative estimate of drug-likeness (QED) is 0.350. The van der Waals surface area contributed by atoms with Gasteiger partial charge in [-0.2, -0.15) is 0 Å². The van der Waals surface area contributed by atoms with E-state index in [-0.39, 0.29) is 28.1 Å². The predicted molar refractivity (Wildman–Crippen MR) is 132 cm³/mol. The van der Waals surface area contributed by atoms with Crippen molar-refractivity contribution >= 4 is 17.4 Å². The highest BCUT2D eigenvalue weighted by atomic mass is 16.6. The Balaban J connectivity index is 1.54. The number of aryl methyl sites for hydroxylation is 2. The molecule has 0 unspecified atom stereocenters. The molecule has 3 aromatic rings. The Morgan fingerprint density at radius 2 is 1.71 bits per heavy atom. The van der Waals surface area contributed by atoms with Crippen LogP contribution in [0.5, 0.6) is 0 Å². The Labute approximate surface area is 199 Å². The molecule has 7 heteroatoms. The summed E-state index contributed by atoms with van der Waals surface area (Å²) in [6.45, 7) is 13.0. The van der Waals surface area contributed by atoms with Crippen LogP contribution in [0.4, 0.5) is 11.5 Å². The zero-order valence-corrected chi connectivity index (χ0v) is 20.6. The molecular formula is C27H31N3O4. The van der Waals surface area contributed by atoms with Gasteiger partial charge < -0.3 is 9.73 Å². The molecular weight excluding hydrogens is 430 g/mol. The molecule has 1 aliphatic carbocycles. The lowest BCUT2D eigenvalue weighted by atomic mass is 9.62. The molecule has 0 fully saturated rings. The number of pyridine rings is 1. The molecule has 2 heterocycles. The molecule has 0 radical (unpaired) electrons. The Morgan fingerprint density at radius 3 is 2.32 bits per heavy atom. The van der Waals surface area contributed by atoms with Gasteiger partial charge in [0.25, 0.3) is 11.6 Å². The van der Waals surface area contributed by atoms with Gasteiger partial charge in [0.1, 0.15) is 17.8 Å². The number of anilines is 1. The van der Waals surface area contributed by atoms with Crippen molar-refractivity contribution in [1.82, 2.24) is 4.98 Å². The smallest absolute Gasteiger partial charge is 0.292 e. The largest absolute Gasteiger partial charge is 0.456 e. The molecule has 1 aliphatic rings. The summed E-state index contributed by atoms with van der Waals surface area (Å²) in [5.41, 5.74) is 5.85. The maximum atomic E-state index is 12.6. The van der Waals surface area contributed by atoms with Crippen LogP contribution in [-0.4, -0.2) is 15.8 Å². The molecule has 0 bridgehead atoms. The van der Waals surface area contributed by atoms with Gasteiger partial charge in [0.15, 0.2) is 5.76 Å². The van der Waals surface area contributed by atoms with Crippen LogP contribution in [0, 0.1) is 24.0 Å². The van der Waals surface area contributed by atoms with Gasteiger partial charge in [-0.05, 0) is 78.0 Å². The van der Waals surface area contributed by atoms with Crippen molar-refractivity contribution in [3.8, 4) is 0 Å². The van der Waals surface area contributed by atoms with Crippen LogP contribution in [0.25, 0.3) is 0 Å². The molecule has 7 nitrogen and oxygen atoms in total. The van der Waals surface area contributed by atoms with E-state index in [1.54, 1.807) is 13.0 Å². The summed E-state index contributed by atoms with van der Waals surface area (Å²) in [6, 6.07) is 9.57. The zero-order valence-electron chi connectivity index (χ0n) is 20.6. The Bertz CT molecular complexity index is 1290. The highest BCUT2D eigenvalue weighted by Crippen LogP contribution is 2.46. The van der Waals surface area contributed by atoms with Crippen molar-refractivity contribution < 1.29 is 14.1 Å². The summed E-state index contributed by atoms with van der Waals surface area (Å²) in [6.07, 6.45) is 4.06. The van der Waals surface area contributed by atoms with Gasteiger partial charge in [-0.15, -0.1) is 0 Å². The van der Waals surface area contributed by atoms with E-state index in [1.165, 1.54) is 34.7 Å². The van der Waals surface area contributed by atoms with Crippen molar-refractivity contribution in [2.24, 2.45) is 0 Å². The van der Waals surface area contributed by atoms with E-state index in [2.05, 4.69) is 57.1 Å². The van der Waals surface area contributed by atoms with Gasteiger partial charge in [-0.25, -0.2) is 4.98 Å². The first kappa shape index (κ1) is 23.7. The molecule has 0 atom stereocenters. The maximum absolute atomic E-state index is 12.6. The van der Waals surface area contributed by atoms with Gasteiger partial charge in [0, 0.05) is 12.0 Å².